The van der Waals surface area contributed by atoms with E-state index in [-0.39, 0.29) is 5.54 Å². The first kappa shape index (κ1) is 13.8. The van der Waals surface area contributed by atoms with E-state index < -0.39 is 0 Å². The quantitative estimate of drug-likeness (QED) is 0.718. The maximum atomic E-state index is 9.66. The highest BCUT2D eigenvalue weighted by molar-refractivity contribution is 5.17. The Labute approximate surface area is 112 Å². The fourth-order valence-electron chi connectivity index (χ4n) is 2.90. The lowest BCUT2D eigenvalue weighted by atomic mass is 9.93. The molecule has 102 valence electrons. The van der Waals surface area contributed by atoms with Gasteiger partial charge in [0.15, 0.2) is 0 Å². The van der Waals surface area contributed by atoms with Crippen molar-refractivity contribution in [1.82, 2.24) is 10.2 Å². The summed E-state index contributed by atoms with van der Waals surface area (Å²) in [7, 11) is 2.19. The van der Waals surface area contributed by atoms with Crippen LogP contribution >= 0.6 is 0 Å². The van der Waals surface area contributed by atoms with Gasteiger partial charge >= 0.3 is 0 Å². The van der Waals surface area contributed by atoms with E-state index in [1.807, 2.05) is 0 Å². The van der Waals surface area contributed by atoms with Gasteiger partial charge in [-0.15, -0.1) is 0 Å². The zero-order valence-electron chi connectivity index (χ0n) is 12.1. The minimum absolute atomic E-state index is 0.298. The number of likely N-dealkylation sites (N-methyl/N-ethyl adjacent to an activating group) is 1. The van der Waals surface area contributed by atoms with Gasteiger partial charge in [-0.2, -0.15) is 5.26 Å². The van der Waals surface area contributed by atoms with Gasteiger partial charge in [-0.05, 0) is 64.5 Å². The molecule has 0 aromatic heterocycles. The number of nitrogens with one attached hydrogen (secondary N) is 1. The third-order valence-corrected chi connectivity index (χ3v) is 4.66. The molecule has 3 heteroatoms. The molecule has 2 fully saturated rings. The summed E-state index contributed by atoms with van der Waals surface area (Å²) in [5, 5.41) is 13.2. The molecule has 2 saturated carbocycles. The lowest BCUT2D eigenvalue weighted by molar-refractivity contribution is 0.172. The van der Waals surface area contributed by atoms with E-state index in [9.17, 15) is 5.26 Å². The number of hydrogen-bond acceptors (Lipinski definition) is 3. The van der Waals surface area contributed by atoms with E-state index >= 15 is 0 Å². The van der Waals surface area contributed by atoms with Crippen LogP contribution in [0.4, 0.5) is 0 Å². The Bertz CT molecular complexity index is 314. The third-order valence-electron chi connectivity index (χ3n) is 4.66. The highest BCUT2D eigenvalue weighted by Gasteiger charge is 2.47. The van der Waals surface area contributed by atoms with Crippen LogP contribution in [0.2, 0.25) is 0 Å². The van der Waals surface area contributed by atoms with Crippen LogP contribution < -0.4 is 5.32 Å². The van der Waals surface area contributed by atoms with Crippen molar-refractivity contribution in [2.75, 3.05) is 20.1 Å². The predicted octanol–water partition coefficient (Wildman–Crippen LogP) is 2.39. The highest BCUT2D eigenvalue weighted by Crippen LogP contribution is 2.41. The van der Waals surface area contributed by atoms with Crippen LogP contribution in [0.1, 0.15) is 46.0 Å². The molecule has 2 aliphatic rings. The Morgan fingerprint density at radius 2 is 2.06 bits per heavy atom. The molecule has 3 nitrogen and oxygen atoms in total. The summed E-state index contributed by atoms with van der Waals surface area (Å²) in [4.78, 5) is 2.40. The van der Waals surface area contributed by atoms with Crippen molar-refractivity contribution < 1.29 is 0 Å². The minimum Gasteiger partial charge on any atom is -0.301 e. The van der Waals surface area contributed by atoms with Gasteiger partial charge in [0.25, 0.3) is 0 Å². The fourth-order valence-corrected chi connectivity index (χ4v) is 2.90. The van der Waals surface area contributed by atoms with Crippen molar-refractivity contribution in [3.8, 4) is 6.07 Å². The SMILES string of the molecule is CCCNC(C#N)(CN(C)C(C)C1CC1)C1CC1. The normalized spacial score (nSPS) is 24.6. The molecule has 0 aromatic rings. The van der Waals surface area contributed by atoms with Crippen LogP contribution in [0.25, 0.3) is 0 Å². The van der Waals surface area contributed by atoms with E-state index in [4.69, 9.17) is 0 Å². The topological polar surface area (TPSA) is 39.1 Å². The van der Waals surface area contributed by atoms with Gasteiger partial charge in [0.05, 0.1) is 6.07 Å². The van der Waals surface area contributed by atoms with Crippen LogP contribution in [0.15, 0.2) is 0 Å². The molecule has 0 spiro atoms. The third kappa shape index (κ3) is 3.05. The van der Waals surface area contributed by atoms with Gasteiger partial charge in [0, 0.05) is 12.6 Å². The first-order chi connectivity index (χ1) is 8.63. The van der Waals surface area contributed by atoms with Gasteiger partial charge in [0.1, 0.15) is 5.54 Å². The van der Waals surface area contributed by atoms with E-state index in [0.29, 0.717) is 12.0 Å². The van der Waals surface area contributed by atoms with E-state index in [1.165, 1.54) is 25.7 Å². The minimum atomic E-state index is -0.298. The van der Waals surface area contributed by atoms with Gasteiger partial charge in [-0.3, -0.25) is 5.32 Å². The molecule has 2 aliphatic carbocycles. The van der Waals surface area contributed by atoms with Gasteiger partial charge in [-0.25, -0.2) is 0 Å². The second-order valence-corrected chi connectivity index (χ2v) is 6.28. The van der Waals surface area contributed by atoms with Crippen LogP contribution in [-0.4, -0.2) is 36.6 Å². The molecule has 2 unspecified atom stereocenters. The fraction of sp³-hybridized carbons (Fsp3) is 0.933. The van der Waals surface area contributed by atoms with Crippen molar-refractivity contribution >= 4 is 0 Å². The number of hydrogen-bond donors (Lipinski definition) is 1. The number of rotatable bonds is 8. The molecule has 18 heavy (non-hydrogen) atoms. The summed E-state index contributed by atoms with van der Waals surface area (Å²) < 4.78 is 0. The molecule has 1 N–H and O–H groups in total. The summed E-state index contributed by atoms with van der Waals surface area (Å²) in [6.45, 7) is 6.31. The Morgan fingerprint density at radius 1 is 1.39 bits per heavy atom. The molecule has 0 heterocycles. The molecular weight excluding hydrogens is 222 g/mol. The van der Waals surface area contributed by atoms with Crippen molar-refractivity contribution in [2.45, 2.75) is 57.5 Å². The second kappa shape index (κ2) is 5.59. The maximum Gasteiger partial charge on any atom is 0.122 e. The summed E-state index contributed by atoms with van der Waals surface area (Å²) in [5.41, 5.74) is -0.298. The first-order valence-corrected chi connectivity index (χ1v) is 7.49. The predicted molar refractivity (Wildman–Crippen MR) is 74.2 cm³/mol. The Kier molecular flexibility index (Phi) is 4.29. The molecule has 0 radical (unpaired) electrons. The number of nitrogens with zero attached hydrogens (tertiary/aromatic N) is 2. The van der Waals surface area contributed by atoms with E-state index in [2.05, 4.69) is 37.2 Å². The number of nitriles is 1. The smallest absolute Gasteiger partial charge is 0.122 e. The standard InChI is InChI=1S/C15H27N3/c1-4-9-17-15(10-16,14-7-8-14)11-18(3)12(2)13-5-6-13/h12-14,17H,4-9,11H2,1-3H3. The Morgan fingerprint density at radius 3 is 2.50 bits per heavy atom. The van der Waals surface area contributed by atoms with E-state index in [0.717, 1.165) is 25.4 Å². The average Bonchev–Trinajstić information content (AvgIpc) is 3.23. The Balaban J connectivity index is 1.97. The molecule has 2 atom stereocenters. The van der Waals surface area contributed by atoms with Gasteiger partial charge < -0.3 is 4.90 Å². The second-order valence-electron chi connectivity index (χ2n) is 6.28. The van der Waals surface area contributed by atoms with E-state index in [1.54, 1.807) is 0 Å². The zero-order valence-corrected chi connectivity index (χ0v) is 12.1. The maximum absolute atomic E-state index is 9.66. The highest BCUT2D eigenvalue weighted by atomic mass is 15.2. The van der Waals surface area contributed by atoms with Crippen molar-refractivity contribution in [3.63, 3.8) is 0 Å². The lowest BCUT2D eigenvalue weighted by Gasteiger charge is -2.35. The summed E-state index contributed by atoms with van der Waals surface area (Å²) >= 11 is 0. The summed E-state index contributed by atoms with van der Waals surface area (Å²) in [5.74, 6) is 1.44. The van der Waals surface area contributed by atoms with Gasteiger partial charge in [-0.1, -0.05) is 6.92 Å². The average molecular weight is 249 g/mol. The molecular formula is C15H27N3. The molecule has 0 aromatic carbocycles. The van der Waals surface area contributed by atoms with Crippen molar-refractivity contribution in [1.29, 1.82) is 5.26 Å². The molecule has 0 amide bonds. The largest absolute Gasteiger partial charge is 0.301 e. The van der Waals surface area contributed by atoms with Crippen LogP contribution in [-0.2, 0) is 0 Å². The molecule has 0 saturated heterocycles. The Hall–Kier alpha value is -0.590. The molecule has 0 aliphatic heterocycles. The monoisotopic (exact) mass is 249 g/mol. The zero-order chi connectivity index (χ0) is 13.2. The van der Waals surface area contributed by atoms with Crippen LogP contribution in [0.3, 0.4) is 0 Å². The summed E-state index contributed by atoms with van der Waals surface area (Å²) in [6.07, 6.45) is 6.28. The van der Waals surface area contributed by atoms with Crippen LogP contribution in [0.5, 0.6) is 0 Å². The van der Waals surface area contributed by atoms with Crippen molar-refractivity contribution in [3.05, 3.63) is 0 Å². The van der Waals surface area contributed by atoms with Crippen LogP contribution in [0, 0.1) is 23.2 Å². The summed E-state index contributed by atoms with van der Waals surface area (Å²) in [6, 6.07) is 3.23. The van der Waals surface area contributed by atoms with Crippen molar-refractivity contribution in [2.24, 2.45) is 11.8 Å². The molecule has 0 bridgehead atoms. The molecule has 2 rings (SSSR count). The first-order valence-electron chi connectivity index (χ1n) is 7.49. The lowest BCUT2D eigenvalue weighted by Crippen LogP contribution is -2.55. The van der Waals surface area contributed by atoms with Gasteiger partial charge in [0.2, 0.25) is 0 Å².